The third-order valence-electron chi connectivity index (χ3n) is 5.56. The fraction of sp³-hybridized carbons (Fsp3) is 0.444. The smallest absolute Gasteiger partial charge is 0.326 e. The van der Waals surface area contributed by atoms with Crippen LogP contribution >= 0.6 is 0 Å². The average molecular weight is 312 g/mol. The highest BCUT2D eigenvalue weighted by Gasteiger charge is 2.51. The molecule has 5 nitrogen and oxygen atoms in total. The van der Waals surface area contributed by atoms with Gasteiger partial charge < -0.3 is 14.6 Å². The number of rotatable bonds is 2. The number of carboxylic acids is 1. The van der Waals surface area contributed by atoms with Crippen LogP contribution in [0.1, 0.15) is 36.2 Å². The average Bonchev–Trinajstić information content (AvgIpc) is 3.21. The van der Waals surface area contributed by atoms with Crippen molar-refractivity contribution in [3.05, 3.63) is 36.0 Å². The van der Waals surface area contributed by atoms with Crippen molar-refractivity contribution in [3.63, 3.8) is 0 Å². The molecule has 1 amide bonds. The highest BCUT2D eigenvalue weighted by atomic mass is 16.4. The third kappa shape index (κ3) is 2.22. The van der Waals surface area contributed by atoms with Crippen molar-refractivity contribution >= 4 is 22.8 Å². The fourth-order valence-electron chi connectivity index (χ4n) is 3.87. The number of hydrogen-bond acceptors (Lipinski definition) is 2. The van der Waals surface area contributed by atoms with Gasteiger partial charge in [-0.15, -0.1) is 0 Å². The fourth-order valence-corrected chi connectivity index (χ4v) is 3.87. The van der Waals surface area contributed by atoms with E-state index in [1.54, 1.807) is 4.90 Å². The molecule has 2 aliphatic rings. The van der Waals surface area contributed by atoms with Crippen molar-refractivity contribution in [1.29, 1.82) is 0 Å². The summed E-state index contributed by atoms with van der Waals surface area (Å²) in [6, 6.07) is 8.98. The third-order valence-corrected chi connectivity index (χ3v) is 5.56. The molecule has 2 fully saturated rings. The molecule has 1 aromatic heterocycles. The highest BCUT2D eigenvalue weighted by molar-refractivity contribution is 6.00. The van der Waals surface area contributed by atoms with Crippen LogP contribution in [0.25, 0.3) is 10.9 Å². The molecular weight excluding hydrogens is 292 g/mol. The summed E-state index contributed by atoms with van der Waals surface area (Å²) < 4.78 is 1.86. The van der Waals surface area contributed by atoms with Gasteiger partial charge in [-0.05, 0) is 43.2 Å². The van der Waals surface area contributed by atoms with E-state index in [0.717, 1.165) is 30.2 Å². The van der Waals surface area contributed by atoms with Crippen LogP contribution in [0.15, 0.2) is 30.3 Å². The van der Waals surface area contributed by atoms with Crippen molar-refractivity contribution in [2.75, 3.05) is 6.54 Å². The Morgan fingerprint density at radius 3 is 2.61 bits per heavy atom. The number of aromatic nitrogens is 1. The van der Waals surface area contributed by atoms with E-state index in [9.17, 15) is 14.7 Å². The second-order valence-corrected chi connectivity index (χ2v) is 6.95. The van der Waals surface area contributed by atoms with Crippen LogP contribution in [0.3, 0.4) is 0 Å². The Balaban J connectivity index is 1.69. The SMILES string of the molecule is Cn1c(C(=O)N2CCC3(CC3)C[C@H]2C(=O)O)cc2ccccc21. The maximum Gasteiger partial charge on any atom is 0.326 e. The van der Waals surface area contributed by atoms with Crippen LogP contribution in [-0.4, -0.2) is 39.0 Å². The van der Waals surface area contributed by atoms with E-state index in [2.05, 4.69) is 0 Å². The summed E-state index contributed by atoms with van der Waals surface area (Å²) in [5.41, 5.74) is 1.74. The Kier molecular flexibility index (Phi) is 3.01. The van der Waals surface area contributed by atoms with E-state index in [-0.39, 0.29) is 11.3 Å². The largest absolute Gasteiger partial charge is 0.480 e. The summed E-state index contributed by atoms with van der Waals surface area (Å²) in [6.07, 6.45) is 3.73. The Labute approximate surface area is 134 Å². The summed E-state index contributed by atoms with van der Waals surface area (Å²) in [4.78, 5) is 26.2. The Morgan fingerprint density at radius 1 is 1.22 bits per heavy atom. The molecule has 1 aliphatic carbocycles. The number of nitrogens with zero attached hydrogens (tertiary/aromatic N) is 2. The number of carbonyl (C=O) groups excluding carboxylic acids is 1. The summed E-state index contributed by atoms with van der Waals surface area (Å²) in [6.45, 7) is 0.539. The molecule has 0 unspecified atom stereocenters. The zero-order chi connectivity index (χ0) is 16.2. The molecule has 120 valence electrons. The molecule has 1 saturated carbocycles. The van der Waals surface area contributed by atoms with E-state index in [0.29, 0.717) is 18.7 Å². The number of carbonyl (C=O) groups is 2. The first kappa shape index (κ1) is 14.3. The number of fused-ring (bicyclic) bond motifs is 1. The van der Waals surface area contributed by atoms with Gasteiger partial charge in [0.25, 0.3) is 5.91 Å². The maximum absolute atomic E-state index is 13.0. The quantitative estimate of drug-likeness (QED) is 0.927. The minimum absolute atomic E-state index is 0.174. The first-order chi connectivity index (χ1) is 11.0. The van der Waals surface area contributed by atoms with Gasteiger partial charge in [-0.25, -0.2) is 4.79 Å². The minimum Gasteiger partial charge on any atom is -0.480 e. The molecular formula is C18H20N2O3. The molecule has 2 aromatic rings. The van der Waals surface area contributed by atoms with E-state index < -0.39 is 12.0 Å². The number of piperidine rings is 1. The minimum atomic E-state index is -0.886. The van der Waals surface area contributed by atoms with E-state index >= 15 is 0 Å². The van der Waals surface area contributed by atoms with Crippen molar-refractivity contribution in [2.24, 2.45) is 12.5 Å². The summed E-state index contributed by atoms with van der Waals surface area (Å²) in [5.74, 6) is -1.06. The predicted molar refractivity (Wildman–Crippen MR) is 86.3 cm³/mol. The molecule has 2 heterocycles. The first-order valence-corrected chi connectivity index (χ1v) is 8.09. The summed E-state index contributed by atoms with van der Waals surface area (Å²) >= 11 is 0. The van der Waals surface area contributed by atoms with Gasteiger partial charge in [0.15, 0.2) is 0 Å². The number of amides is 1. The number of benzene rings is 1. The zero-order valence-electron chi connectivity index (χ0n) is 13.2. The predicted octanol–water partition coefficient (Wildman–Crippen LogP) is 2.65. The van der Waals surface area contributed by atoms with Crippen LogP contribution in [0.5, 0.6) is 0 Å². The Bertz CT molecular complexity index is 804. The normalized spacial score (nSPS) is 22.5. The Hall–Kier alpha value is -2.30. The number of para-hydroxylation sites is 1. The molecule has 1 N–H and O–H groups in total. The van der Waals surface area contributed by atoms with E-state index in [1.807, 2.05) is 41.9 Å². The lowest BCUT2D eigenvalue weighted by atomic mass is 9.87. The summed E-state index contributed by atoms with van der Waals surface area (Å²) in [7, 11) is 1.86. The van der Waals surface area contributed by atoms with Crippen LogP contribution in [0, 0.1) is 5.41 Å². The van der Waals surface area contributed by atoms with Crippen LogP contribution in [-0.2, 0) is 11.8 Å². The lowest BCUT2D eigenvalue weighted by Gasteiger charge is -2.37. The van der Waals surface area contributed by atoms with E-state index in [1.165, 1.54) is 0 Å². The van der Waals surface area contributed by atoms with Crippen LogP contribution in [0.4, 0.5) is 0 Å². The molecule has 23 heavy (non-hydrogen) atoms. The zero-order valence-corrected chi connectivity index (χ0v) is 13.2. The van der Waals surface area contributed by atoms with Gasteiger partial charge in [0, 0.05) is 24.5 Å². The van der Waals surface area contributed by atoms with Crippen LogP contribution in [0.2, 0.25) is 0 Å². The van der Waals surface area contributed by atoms with Gasteiger partial charge in [-0.1, -0.05) is 18.2 Å². The number of carboxylic acid groups (broad SMARTS) is 1. The second-order valence-electron chi connectivity index (χ2n) is 6.95. The Morgan fingerprint density at radius 2 is 1.96 bits per heavy atom. The number of likely N-dealkylation sites (tertiary alicyclic amines) is 1. The number of aryl methyl sites for hydroxylation is 1. The molecule has 0 radical (unpaired) electrons. The van der Waals surface area contributed by atoms with Crippen LogP contribution < -0.4 is 0 Å². The maximum atomic E-state index is 13.0. The molecule has 1 saturated heterocycles. The van der Waals surface area contributed by atoms with Crippen molar-refractivity contribution in [3.8, 4) is 0 Å². The highest BCUT2D eigenvalue weighted by Crippen LogP contribution is 2.55. The monoisotopic (exact) mass is 312 g/mol. The van der Waals surface area contributed by atoms with Crippen molar-refractivity contribution < 1.29 is 14.7 Å². The van der Waals surface area contributed by atoms with Gasteiger partial charge in [0.05, 0.1) is 0 Å². The molecule has 1 atom stereocenters. The van der Waals surface area contributed by atoms with Gasteiger partial charge >= 0.3 is 5.97 Å². The molecule has 5 heteroatoms. The molecule has 0 bridgehead atoms. The first-order valence-electron chi connectivity index (χ1n) is 8.09. The topological polar surface area (TPSA) is 62.5 Å². The van der Waals surface area contributed by atoms with Crippen molar-refractivity contribution in [2.45, 2.75) is 31.7 Å². The number of hydrogen-bond donors (Lipinski definition) is 1. The van der Waals surface area contributed by atoms with E-state index in [4.69, 9.17) is 0 Å². The van der Waals surface area contributed by atoms with Crippen molar-refractivity contribution in [1.82, 2.24) is 9.47 Å². The van der Waals surface area contributed by atoms with Gasteiger partial charge in [0.1, 0.15) is 11.7 Å². The van der Waals surface area contributed by atoms with Gasteiger partial charge in [-0.2, -0.15) is 0 Å². The van der Waals surface area contributed by atoms with Gasteiger partial charge in [0.2, 0.25) is 0 Å². The lowest BCUT2D eigenvalue weighted by molar-refractivity contribution is -0.144. The van der Waals surface area contributed by atoms with Gasteiger partial charge in [-0.3, -0.25) is 4.79 Å². The molecule has 1 spiro atoms. The standard InChI is InChI=1S/C18H20N2O3/c1-19-13-5-3-2-4-12(13)10-14(19)16(21)20-9-8-18(6-7-18)11-15(20)17(22)23/h2-5,10,15H,6-9,11H2,1H3,(H,22,23)/t15-/m0/s1. The molecule has 1 aliphatic heterocycles. The lowest BCUT2D eigenvalue weighted by Crippen LogP contribution is -2.51. The summed E-state index contributed by atoms with van der Waals surface area (Å²) in [5, 5.41) is 10.6. The second kappa shape index (κ2) is 4.85. The number of aliphatic carboxylic acids is 1. The molecule has 4 rings (SSSR count). The molecule has 1 aromatic carbocycles.